The number of nitrogens with zero attached hydrogens (tertiary/aromatic N) is 2. The minimum atomic E-state index is -0.743. The molecule has 0 fully saturated rings. The first-order chi connectivity index (χ1) is 10.4. The number of esters is 1. The first-order valence-corrected chi connectivity index (χ1v) is 7.29. The highest BCUT2D eigenvalue weighted by Crippen LogP contribution is 2.27. The number of methoxy groups -OCH3 is 1. The quantitative estimate of drug-likeness (QED) is 0.516. The van der Waals surface area contributed by atoms with E-state index < -0.39 is 10.9 Å². The Bertz CT molecular complexity index is 714. The predicted molar refractivity (Wildman–Crippen MR) is 83.3 cm³/mol. The first-order valence-electron chi connectivity index (χ1n) is 6.48. The maximum Gasteiger partial charge on any atom is 0.344 e. The van der Waals surface area contributed by atoms with Gasteiger partial charge in [0.15, 0.2) is 0 Å². The van der Waals surface area contributed by atoms with Crippen LogP contribution in [0.25, 0.3) is 0 Å². The molecule has 1 unspecified atom stereocenters. The second-order valence-electron chi connectivity index (χ2n) is 4.66. The lowest BCUT2D eigenvalue weighted by atomic mass is 10.1. The van der Waals surface area contributed by atoms with Crippen LogP contribution in [0.3, 0.4) is 0 Å². The van der Waals surface area contributed by atoms with Crippen molar-refractivity contribution in [3.63, 3.8) is 0 Å². The van der Waals surface area contributed by atoms with Crippen LogP contribution in [0, 0.1) is 17.0 Å². The Morgan fingerprint density at radius 3 is 2.77 bits per heavy atom. The minimum Gasteiger partial charge on any atom is -0.465 e. The van der Waals surface area contributed by atoms with Gasteiger partial charge in [-0.1, -0.05) is 0 Å². The molecule has 0 aliphatic rings. The van der Waals surface area contributed by atoms with Crippen molar-refractivity contribution in [1.29, 1.82) is 0 Å². The average molecular weight is 321 g/mol. The molecule has 0 amide bonds. The predicted octanol–water partition coefficient (Wildman–Crippen LogP) is 3.32. The Balaban J connectivity index is 2.28. The molecule has 1 heterocycles. The van der Waals surface area contributed by atoms with E-state index in [-0.39, 0.29) is 17.3 Å². The van der Waals surface area contributed by atoms with Gasteiger partial charge in [-0.05, 0) is 26.0 Å². The van der Waals surface area contributed by atoms with Crippen LogP contribution in [-0.4, -0.2) is 23.0 Å². The zero-order chi connectivity index (χ0) is 16.3. The molecular weight excluding hydrogens is 306 g/mol. The van der Waals surface area contributed by atoms with E-state index in [1.807, 2.05) is 13.8 Å². The van der Waals surface area contributed by atoms with Gasteiger partial charge in [-0.3, -0.25) is 10.1 Å². The van der Waals surface area contributed by atoms with Crippen LogP contribution in [0.5, 0.6) is 0 Å². The Morgan fingerprint density at radius 2 is 2.23 bits per heavy atom. The van der Waals surface area contributed by atoms with Crippen molar-refractivity contribution in [2.75, 3.05) is 12.4 Å². The second kappa shape index (κ2) is 6.52. The molecule has 0 radical (unpaired) electrons. The zero-order valence-corrected chi connectivity index (χ0v) is 13.1. The molecule has 116 valence electrons. The molecule has 0 spiro atoms. The molecule has 7 nitrogen and oxygen atoms in total. The summed E-state index contributed by atoms with van der Waals surface area (Å²) < 4.78 is 4.59. The summed E-state index contributed by atoms with van der Waals surface area (Å²) in [5.41, 5.74) is 0.224. The van der Waals surface area contributed by atoms with E-state index >= 15 is 0 Å². The number of ether oxygens (including phenoxy) is 1. The van der Waals surface area contributed by atoms with Gasteiger partial charge in [0.05, 0.1) is 18.1 Å². The third-order valence-electron chi connectivity index (χ3n) is 2.99. The molecule has 0 saturated carbocycles. The number of aromatic nitrogens is 1. The number of rotatable bonds is 5. The van der Waals surface area contributed by atoms with Gasteiger partial charge in [0.1, 0.15) is 10.6 Å². The van der Waals surface area contributed by atoms with Gasteiger partial charge in [0.25, 0.3) is 5.69 Å². The number of anilines is 1. The number of nitrogens with one attached hydrogen (secondary N) is 1. The van der Waals surface area contributed by atoms with E-state index in [1.165, 1.54) is 19.2 Å². The molecule has 1 aromatic carbocycles. The molecule has 0 aliphatic carbocycles. The molecule has 2 aromatic rings. The normalized spacial score (nSPS) is 11.8. The van der Waals surface area contributed by atoms with Crippen molar-refractivity contribution in [1.82, 2.24) is 4.98 Å². The lowest BCUT2D eigenvalue weighted by Gasteiger charge is -2.13. The molecule has 8 heteroatoms. The lowest BCUT2D eigenvalue weighted by Crippen LogP contribution is -2.09. The summed E-state index contributed by atoms with van der Waals surface area (Å²) in [6.45, 7) is 3.90. The number of benzene rings is 1. The van der Waals surface area contributed by atoms with Crippen LogP contribution in [0.2, 0.25) is 0 Å². The van der Waals surface area contributed by atoms with Gasteiger partial charge in [-0.25, -0.2) is 9.78 Å². The SMILES string of the molecule is COC(=O)c1cc(NC(C)c2ncc(C)s2)ccc1[N+](=O)[O-]. The van der Waals surface area contributed by atoms with E-state index in [9.17, 15) is 14.9 Å². The van der Waals surface area contributed by atoms with E-state index in [0.29, 0.717) is 5.69 Å². The summed E-state index contributed by atoms with van der Waals surface area (Å²) >= 11 is 1.56. The van der Waals surface area contributed by atoms with Crippen LogP contribution in [0.4, 0.5) is 11.4 Å². The summed E-state index contributed by atoms with van der Waals surface area (Å²) in [6.07, 6.45) is 1.79. The van der Waals surface area contributed by atoms with E-state index in [1.54, 1.807) is 23.6 Å². The number of carbonyl (C=O) groups is 1. The Kier molecular flexibility index (Phi) is 4.71. The van der Waals surface area contributed by atoms with Crippen molar-refractivity contribution < 1.29 is 14.5 Å². The van der Waals surface area contributed by atoms with Crippen LogP contribution < -0.4 is 5.32 Å². The van der Waals surface area contributed by atoms with Gasteiger partial charge >= 0.3 is 5.97 Å². The van der Waals surface area contributed by atoms with Gasteiger partial charge in [-0.2, -0.15) is 0 Å². The van der Waals surface area contributed by atoms with Gasteiger partial charge in [0.2, 0.25) is 0 Å². The number of aryl methyl sites for hydroxylation is 1. The number of thiazole rings is 1. The summed E-state index contributed by atoms with van der Waals surface area (Å²) in [4.78, 5) is 27.4. The fraction of sp³-hybridized carbons (Fsp3) is 0.286. The lowest BCUT2D eigenvalue weighted by molar-refractivity contribution is -0.385. The molecule has 1 N–H and O–H groups in total. The third kappa shape index (κ3) is 3.40. The first kappa shape index (κ1) is 15.9. The van der Waals surface area contributed by atoms with Gasteiger partial charge in [0, 0.05) is 22.8 Å². The number of nitro benzene ring substituents is 1. The highest BCUT2D eigenvalue weighted by atomic mass is 32.1. The maximum atomic E-state index is 11.7. The number of nitro groups is 1. The maximum absolute atomic E-state index is 11.7. The third-order valence-corrected chi connectivity index (χ3v) is 4.09. The molecule has 1 atom stereocenters. The summed E-state index contributed by atoms with van der Waals surface area (Å²) in [5, 5.41) is 15.0. The zero-order valence-electron chi connectivity index (χ0n) is 12.3. The smallest absolute Gasteiger partial charge is 0.344 e. The highest BCUT2D eigenvalue weighted by molar-refractivity contribution is 7.11. The van der Waals surface area contributed by atoms with Crippen LogP contribution in [0.1, 0.15) is 33.2 Å². The van der Waals surface area contributed by atoms with Crippen molar-refractivity contribution in [3.05, 3.63) is 50.0 Å². The van der Waals surface area contributed by atoms with Crippen LogP contribution in [0.15, 0.2) is 24.4 Å². The average Bonchev–Trinajstić information content (AvgIpc) is 2.92. The summed E-state index contributed by atoms with van der Waals surface area (Å²) in [5.74, 6) is -0.743. The van der Waals surface area contributed by atoms with Crippen LogP contribution >= 0.6 is 11.3 Å². The second-order valence-corrected chi connectivity index (χ2v) is 5.92. The Morgan fingerprint density at radius 1 is 1.50 bits per heavy atom. The van der Waals surface area contributed by atoms with Crippen molar-refractivity contribution in [2.24, 2.45) is 0 Å². The van der Waals surface area contributed by atoms with Gasteiger partial charge in [-0.15, -0.1) is 11.3 Å². The monoisotopic (exact) mass is 321 g/mol. The molecular formula is C14H15N3O4S. The molecule has 1 aromatic heterocycles. The molecule has 0 aliphatic heterocycles. The van der Waals surface area contributed by atoms with Crippen molar-refractivity contribution >= 4 is 28.7 Å². The summed E-state index contributed by atoms with van der Waals surface area (Å²) in [6, 6.07) is 4.18. The Labute approximate surface area is 131 Å². The largest absolute Gasteiger partial charge is 0.465 e. The highest BCUT2D eigenvalue weighted by Gasteiger charge is 2.22. The summed E-state index contributed by atoms with van der Waals surface area (Å²) in [7, 11) is 1.19. The molecule has 2 rings (SSSR count). The molecule has 0 saturated heterocycles. The fourth-order valence-electron chi connectivity index (χ4n) is 1.94. The number of hydrogen-bond donors (Lipinski definition) is 1. The molecule has 0 bridgehead atoms. The fourth-order valence-corrected chi connectivity index (χ4v) is 2.72. The van der Waals surface area contributed by atoms with E-state index in [2.05, 4.69) is 15.0 Å². The van der Waals surface area contributed by atoms with E-state index in [0.717, 1.165) is 9.88 Å². The number of hydrogen-bond acceptors (Lipinski definition) is 7. The van der Waals surface area contributed by atoms with E-state index in [4.69, 9.17) is 0 Å². The minimum absolute atomic E-state index is 0.0781. The topological polar surface area (TPSA) is 94.4 Å². The van der Waals surface area contributed by atoms with Crippen molar-refractivity contribution in [2.45, 2.75) is 19.9 Å². The standard InChI is InChI=1S/C14H15N3O4S/c1-8-7-15-13(22-8)9(2)16-10-4-5-12(17(19)20)11(6-10)14(18)21-3/h4-7,9,16H,1-3H3. The van der Waals surface area contributed by atoms with Crippen molar-refractivity contribution in [3.8, 4) is 0 Å². The molecule has 22 heavy (non-hydrogen) atoms. The Hall–Kier alpha value is -2.48. The van der Waals surface area contributed by atoms with Gasteiger partial charge < -0.3 is 10.1 Å². The van der Waals surface area contributed by atoms with Crippen LogP contribution in [-0.2, 0) is 4.74 Å². The number of carbonyl (C=O) groups excluding carboxylic acids is 1.